The molecule has 0 atom stereocenters. The van der Waals surface area contributed by atoms with Crippen LogP contribution in [0, 0.1) is 0 Å². The van der Waals surface area contributed by atoms with Crippen molar-refractivity contribution < 1.29 is 33.5 Å². The predicted molar refractivity (Wildman–Crippen MR) is 98.1 cm³/mol. The molecule has 134 valence electrons. The monoisotopic (exact) mass is 388 g/mol. The zero-order chi connectivity index (χ0) is 17.6. The number of rotatable bonds is 12. The van der Waals surface area contributed by atoms with E-state index < -0.39 is 16.3 Å². The van der Waals surface area contributed by atoms with Gasteiger partial charge in [0, 0.05) is 16.3 Å². The summed E-state index contributed by atoms with van der Waals surface area (Å²) in [6, 6.07) is 0. The van der Waals surface area contributed by atoms with E-state index in [2.05, 4.69) is 27.7 Å². The summed E-state index contributed by atoms with van der Waals surface area (Å²) < 4.78 is 8.25. The summed E-state index contributed by atoms with van der Waals surface area (Å²) in [5, 5.41) is 0. The van der Waals surface area contributed by atoms with E-state index in [0.717, 1.165) is 45.1 Å². The third-order valence-corrected chi connectivity index (χ3v) is 6.41. The summed E-state index contributed by atoms with van der Waals surface area (Å²) in [5.74, 6) is 0. The topological polar surface area (TPSA) is 57.5 Å². The van der Waals surface area contributed by atoms with Gasteiger partial charge < -0.3 is 9.79 Å². The van der Waals surface area contributed by atoms with Gasteiger partial charge in [-0.3, -0.25) is 0 Å². The van der Waals surface area contributed by atoms with Crippen LogP contribution in [0.3, 0.4) is 0 Å². The summed E-state index contributed by atoms with van der Waals surface area (Å²) in [4.78, 5) is 18.8. The third kappa shape index (κ3) is 29.3. The average molecular weight is 388 g/mol. The molecule has 0 unspecified atom stereocenters. The van der Waals surface area contributed by atoms with Crippen LogP contribution in [-0.4, -0.2) is 34.4 Å². The zero-order valence-corrected chi connectivity index (χ0v) is 18.5. The summed E-state index contributed by atoms with van der Waals surface area (Å²) in [6.07, 6.45) is 13.9. The molecule has 6 heteroatoms. The Morgan fingerprint density at radius 3 is 0.909 bits per heavy atom. The van der Waals surface area contributed by atoms with Crippen LogP contribution in [-0.2, 0) is 23.7 Å². The molecule has 0 radical (unpaired) electrons. The average Bonchev–Trinajstić information content (AvgIpc) is 2.56. The molecule has 0 aliphatic rings. The molecule has 0 bridgehead atoms. The Bertz CT molecular complexity index is 155. The molecule has 0 saturated heterocycles. The summed E-state index contributed by atoms with van der Waals surface area (Å²) in [5.41, 5.74) is 0. The summed E-state index contributed by atoms with van der Waals surface area (Å²) >= 11 is 0.750. The molecular weight excluding hydrogens is 350 g/mol. The van der Waals surface area contributed by atoms with Crippen molar-refractivity contribution in [1.29, 1.82) is 0 Å². The Kier molecular flexibility index (Phi) is 34.7. The molecule has 2 N–H and O–H groups in total. The Morgan fingerprint density at radius 1 is 0.591 bits per heavy atom. The van der Waals surface area contributed by atoms with Gasteiger partial charge in [-0.15, -0.1) is 0 Å². The third-order valence-electron chi connectivity index (χ3n) is 3.08. The first kappa shape index (κ1) is 28.1. The van der Waals surface area contributed by atoms with Crippen LogP contribution in [0.15, 0.2) is 0 Å². The van der Waals surface area contributed by atoms with Crippen LogP contribution in [0.25, 0.3) is 0 Å². The van der Waals surface area contributed by atoms with Crippen molar-refractivity contribution in [2.24, 2.45) is 0 Å². The maximum absolute atomic E-state index is 9.38. The Hall–Kier alpha value is 1.29. The molecule has 0 aliphatic carbocycles. The molecule has 0 fully saturated rings. The molecule has 22 heavy (non-hydrogen) atoms. The van der Waals surface area contributed by atoms with E-state index in [4.69, 9.17) is 3.32 Å². The van der Waals surface area contributed by atoms with Gasteiger partial charge in [0.2, 0.25) is 0 Å². The second-order valence-electron chi connectivity index (χ2n) is 5.32. The second kappa shape index (κ2) is 27.2. The standard InChI is InChI=1S/2C8H19OP.O.Ti/c2*1-3-5-7-10(9)8-6-4-2;;/h2*9H,3-8H2,1-2H3;;. The molecule has 0 rings (SSSR count). The van der Waals surface area contributed by atoms with Crippen molar-refractivity contribution in [3.63, 3.8) is 0 Å². The van der Waals surface area contributed by atoms with E-state index in [1.807, 2.05) is 0 Å². The van der Waals surface area contributed by atoms with Gasteiger partial charge in [0.15, 0.2) is 0 Å². The molecule has 0 saturated carbocycles. The second-order valence-corrected chi connectivity index (χ2v) is 9.14. The fourth-order valence-electron chi connectivity index (χ4n) is 1.59. The van der Waals surface area contributed by atoms with Gasteiger partial charge in [-0.2, -0.15) is 0 Å². The van der Waals surface area contributed by atoms with E-state index in [0.29, 0.717) is 0 Å². The molecule has 0 amide bonds. The summed E-state index contributed by atoms with van der Waals surface area (Å²) in [7, 11) is -1.18. The van der Waals surface area contributed by atoms with Crippen molar-refractivity contribution in [2.75, 3.05) is 24.6 Å². The predicted octanol–water partition coefficient (Wildman–Crippen LogP) is 5.83. The minimum atomic E-state index is -0.592. The molecular formula is C16H38O3P2Ti. The maximum atomic E-state index is 9.38. The fourth-order valence-corrected chi connectivity index (χ4v) is 4.76. The first-order chi connectivity index (χ1) is 10.6. The van der Waals surface area contributed by atoms with Crippen LogP contribution in [0.4, 0.5) is 0 Å². The van der Waals surface area contributed by atoms with Gasteiger partial charge in [0.1, 0.15) is 0 Å². The summed E-state index contributed by atoms with van der Waals surface area (Å²) in [6.45, 7) is 8.68. The van der Waals surface area contributed by atoms with Crippen molar-refractivity contribution in [2.45, 2.75) is 79.1 Å². The Labute approximate surface area is 153 Å². The fraction of sp³-hybridized carbons (Fsp3) is 1.00. The number of hydrogen-bond donors (Lipinski definition) is 2. The van der Waals surface area contributed by atoms with Crippen LogP contribution in [0.5, 0.6) is 0 Å². The van der Waals surface area contributed by atoms with Crippen molar-refractivity contribution >= 4 is 16.3 Å². The van der Waals surface area contributed by atoms with Gasteiger partial charge in [0.25, 0.3) is 0 Å². The van der Waals surface area contributed by atoms with Crippen LogP contribution in [0.2, 0.25) is 0 Å². The zero-order valence-electron chi connectivity index (χ0n) is 15.2. The SMILES string of the molecule is CCCCP(O)CCCC.CCCCP(O)CCCC.[O]=[Ti]. The Morgan fingerprint density at radius 2 is 0.773 bits per heavy atom. The van der Waals surface area contributed by atoms with E-state index in [1.54, 1.807) is 0 Å². The Balaban J connectivity index is -0.000000294. The molecule has 0 aliphatic heterocycles. The number of hydrogen-bond acceptors (Lipinski definition) is 3. The van der Waals surface area contributed by atoms with E-state index in [9.17, 15) is 9.79 Å². The molecule has 0 aromatic heterocycles. The molecule has 0 aromatic rings. The van der Waals surface area contributed by atoms with Crippen LogP contribution in [0.1, 0.15) is 79.1 Å². The van der Waals surface area contributed by atoms with Crippen molar-refractivity contribution in [3.05, 3.63) is 0 Å². The van der Waals surface area contributed by atoms with E-state index in [1.165, 1.54) is 51.4 Å². The number of unbranched alkanes of at least 4 members (excludes halogenated alkanes) is 4. The first-order valence-corrected chi connectivity index (χ1v) is 12.7. The first-order valence-electron chi connectivity index (χ1n) is 8.70. The quantitative estimate of drug-likeness (QED) is 0.327. The van der Waals surface area contributed by atoms with Gasteiger partial charge in [-0.25, -0.2) is 0 Å². The van der Waals surface area contributed by atoms with Gasteiger partial charge in [-0.1, -0.05) is 53.4 Å². The van der Waals surface area contributed by atoms with Gasteiger partial charge in [-0.05, 0) is 50.3 Å². The minimum absolute atomic E-state index is 0.592. The van der Waals surface area contributed by atoms with Crippen LogP contribution < -0.4 is 0 Å². The van der Waals surface area contributed by atoms with Crippen LogP contribution >= 0.6 is 16.3 Å². The van der Waals surface area contributed by atoms with Gasteiger partial charge in [0.05, 0.1) is 0 Å². The van der Waals surface area contributed by atoms with Gasteiger partial charge >= 0.3 is 23.7 Å². The van der Waals surface area contributed by atoms with Crippen molar-refractivity contribution in [1.82, 2.24) is 0 Å². The molecule has 0 heterocycles. The van der Waals surface area contributed by atoms with E-state index in [-0.39, 0.29) is 0 Å². The van der Waals surface area contributed by atoms with Crippen molar-refractivity contribution in [3.8, 4) is 0 Å². The molecule has 3 nitrogen and oxygen atoms in total. The molecule has 0 aromatic carbocycles. The van der Waals surface area contributed by atoms with E-state index >= 15 is 0 Å². The molecule has 0 spiro atoms. The normalized spacial score (nSPS) is 9.95.